The second kappa shape index (κ2) is 8.66. The molecule has 3 aromatic carbocycles. The number of aromatic amines is 1. The highest BCUT2D eigenvalue weighted by Crippen LogP contribution is 2.35. The fraction of sp³-hybridized carbons (Fsp3) is 0.120. The van der Waals surface area contributed by atoms with E-state index in [1.165, 1.54) is 5.56 Å². The second-order valence-electron chi connectivity index (χ2n) is 7.41. The summed E-state index contributed by atoms with van der Waals surface area (Å²) in [7, 11) is 0. The van der Waals surface area contributed by atoms with Gasteiger partial charge in [-0.15, -0.1) is 0 Å². The first-order valence-electron chi connectivity index (χ1n) is 9.99. The van der Waals surface area contributed by atoms with Crippen molar-refractivity contribution in [1.29, 1.82) is 0 Å². The third-order valence-corrected chi connectivity index (χ3v) is 4.95. The molecule has 0 saturated heterocycles. The summed E-state index contributed by atoms with van der Waals surface area (Å²) in [6, 6.07) is 27.2. The fourth-order valence-electron chi connectivity index (χ4n) is 3.31. The lowest BCUT2D eigenvalue weighted by molar-refractivity contribution is 0.262. The molecule has 150 valence electrons. The zero-order valence-corrected chi connectivity index (χ0v) is 17.0. The van der Waals surface area contributed by atoms with Crippen molar-refractivity contribution in [3.8, 4) is 22.5 Å². The van der Waals surface area contributed by atoms with Gasteiger partial charge in [-0.05, 0) is 23.6 Å². The van der Waals surface area contributed by atoms with Gasteiger partial charge in [0.25, 0.3) is 0 Å². The second-order valence-corrected chi connectivity index (χ2v) is 7.41. The highest BCUT2D eigenvalue weighted by atomic mass is 16.2. The molecule has 1 aromatic heterocycles. The Balaban J connectivity index is 1.63. The van der Waals surface area contributed by atoms with E-state index in [-0.39, 0.29) is 6.03 Å². The minimum absolute atomic E-state index is 0.317. The van der Waals surface area contributed by atoms with Gasteiger partial charge in [0.15, 0.2) is 0 Å². The van der Waals surface area contributed by atoms with Crippen LogP contribution in [0.4, 0.5) is 16.2 Å². The number of hydrogen-bond donors (Lipinski definition) is 3. The Morgan fingerprint density at radius 1 is 0.800 bits per heavy atom. The minimum atomic E-state index is -0.317. The molecule has 0 radical (unpaired) electrons. The summed E-state index contributed by atoms with van der Waals surface area (Å²) in [4.78, 5) is 12.8. The molecule has 2 amide bonds. The van der Waals surface area contributed by atoms with E-state index < -0.39 is 0 Å². The van der Waals surface area contributed by atoms with Crippen molar-refractivity contribution in [3.05, 3.63) is 90.5 Å². The number of benzene rings is 3. The molecule has 3 N–H and O–H groups in total. The number of anilines is 2. The summed E-state index contributed by atoms with van der Waals surface area (Å²) in [5, 5.41) is 13.5. The molecule has 5 nitrogen and oxygen atoms in total. The highest BCUT2D eigenvalue weighted by molar-refractivity contribution is 6.05. The van der Waals surface area contributed by atoms with E-state index in [0.717, 1.165) is 22.5 Å². The fourth-order valence-corrected chi connectivity index (χ4v) is 3.31. The summed E-state index contributed by atoms with van der Waals surface area (Å²) >= 11 is 0. The van der Waals surface area contributed by atoms with Crippen molar-refractivity contribution in [1.82, 2.24) is 10.2 Å². The molecule has 0 bridgehead atoms. The van der Waals surface area contributed by atoms with Crippen molar-refractivity contribution < 1.29 is 4.79 Å². The first-order chi connectivity index (χ1) is 14.6. The molecule has 0 aliphatic rings. The van der Waals surface area contributed by atoms with Crippen LogP contribution in [0.15, 0.2) is 84.9 Å². The number of amides is 2. The molecule has 0 saturated carbocycles. The van der Waals surface area contributed by atoms with E-state index in [1.54, 1.807) is 0 Å². The lowest BCUT2D eigenvalue weighted by atomic mass is 10.0. The van der Waals surface area contributed by atoms with Gasteiger partial charge in [-0.25, -0.2) is 4.79 Å². The maximum Gasteiger partial charge on any atom is 0.323 e. The number of rotatable bonds is 5. The van der Waals surface area contributed by atoms with E-state index in [4.69, 9.17) is 0 Å². The predicted octanol–water partition coefficient (Wildman–Crippen LogP) is 6.51. The van der Waals surface area contributed by atoms with Gasteiger partial charge < -0.3 is 10.6 Å². The topological polar surface area (TPSA) is 69.8 Å². The Morgan fingerprint density at radius 3 is 2.00 bits per heavy atom. The Labute approximate surface area is 176 Å². The monoisotopic (exact) mass is 396 g/mol. The number of urea groups is 1. The van der Waals surface area contributed by atoms with Crippen LogP contribution < -0.4 is 10.6 Å². The van der Waals surface area contributed by atoms with Crippen LogP contribution in [-0.2, 0) is 0 Å². The molecule has 0 fully saturated rings. The van der Waals surface area contributed by atoms with Crippen molar-refractivity contribution in [2.75, 3.05) is 10.6 Å². The summed E-state index contributed by atoms with van der Waals surface area (Å²) < 4.78 is 0. The third-order valence-electron chi connectivity index (χ3n) is 4.95. The maximum atomic E-state index is 12.8. The zero-order chi connectivity index (χ0) is 20.9. The quantitative estimate of drug-likeness (QED) is 0.360. The van der Waals surface area contributed by atoms with Gasteiger partial charge in [0, 0.05) is 16.8 Å². The third kappa shape index (κ3) is 4.25. The predicted molar refractivity (Wildman–Crippen MR) is 123 cm³/mol. The van der Waals surface area contributed by atoms with Gasteiger partial charge in [-0.2, -0.15) is 5.10 Å². The Morgan fingerprint density at radius 2 is 1.40 bits per heavy atom. The molecule has 5 heteroatoms. The Kier molecular flexibility index (Phi) is 5.61. The first-order valence-corrected chi connectivity index (χ1v) is 9.99. The van der Waals surface area contributed by atoms with Crippen LogP contribution in [-0.4, -0.2) is 16.2 Å². The van der Waals surface area contributed by atoms with Crippen LogP contribution in [0, 0.1) is 0 Å². The molecule has 0 spiro atoms. The summed E-state index contributed by atoms with van der Waals surface area (Å²) in [6.45, 7) is 4.29. The van der Waals surface area contributed by atoms with Crippen molar-refractivity contribution >= 4 is 17.4 Å². The maximum absolute atomic E-state index is 12.8. The standard InChI is InChI=1S/C25H24N4O/c1-17(2)18-13-15-21(16-14-18)26-25(30)27-24-22(19-9-5-3-6-10-19)28-29-23(24)20-11-7-4-8-12-20/h3-17H,1-2H3,(H,28,29)(H2,26,27,30). The molecule has 4 aromatic rings. The Hall–Kier alpha value is -3.86. The summed E-state index contributed by atoms with van der Waals surface area (Å²) in [5.74, 6) is 0.445. The lowest BCUT2D eigenvalue weighted by Gasteiger charge is -2.11. The van der Waals surface area contributed by atoms with Gasteiger partial charge in [0.1, 0.15) is 5.69 Å². The smallest absolute Gasteiger partial charge is 0.308 e. The number of carbonyl (C=O) groups excluding carboxylic acids is 1. The molecular formula is C25H24N4O. The van der Waals surface area contributed by atoms with Crippen LogP contribution >= 0.6 is 0 Å². The zero-order valence-electron chi connectivity index (χ0n) is 17.0. The molecule has 4 rings (SSSR count). The van der Waals surface area contributed by atoms with E-state index in [9.17, 15) is 4.79 Å². The van der Waals surface area contributed by atoms with E-state index >= 15 is 0 Å². The lowest BCUT2D eigenvalue weighted by Crippen LogP contribution is -2.20. The van der Waals surface area contributed by atoms with Crippen LogP contribution in [0.25, 0.3) is 22.5 Å². The number of H-pyrrole nitrogens is 1. The van der Waals surface area contributed by atoms with Crippen LogP contribution in [0.5, 0.6) is 0 Å². The van der Waals surface area contributed by atoms with Gasteiger partial charge in [-0.3, -0.25) is 5.10 Å². The number of hydrogen-bond acceptors (Lipinski definition) is 2. The van der Waals surface area contributed by atoms with Gasteiger partial charge in [-0.1, -0.05) is 86.6 Å². The SMILES string of the molecule is CC(C)c1ccc(NC(=O)Nc2c(-c3ccccc3)n[nH]c2-c2ccccc2)cc1. The minimum Gasteiger partial charge on any atom is -0.308 e. The van der Waals surface area contributed by atoms with Gasteiger partial charge in [0.2, 0.25) is 0 Å². The molecule has 0 unspecified atom stereocenters. The van der Waals surface area contributed by atoms with Crippen LogP contribution in [0.3, 0.4) is 0 Å². The largest absolute Gasteiger partial charge is 0.323 e. The normalized spacial score (nSPS) is 10.8. The molecule has 1 heterocycles. The van der Waals surface area contributed by atoms with E-state index in [1.807, 2.05) is 84.9 Å². The molecular weight excluding hydrogens is 372 g/mol. The molecule has 30 heavy (non-hydrogen) atoms. The van der Waals surface area contributed by atoms with E-state index in [0.29, 0.717) is 17.3 Å². The van der Waals surface area contributed by atoms with Crippen LogP contribution in [0.2, 0.25) is 0 Å². The molecule has 0 aliphatic heterocycles. The van der Waals surface area contributed by atoms with Gasteiger partial charge >= 0.3 is 6.03 Å². The number of nitrogens with one attached hydrogen (secondary N) is 3. The van der Waals surface area contributed by atoms with Crippen molar-refractivity contribution in [2.24, 2.45) is 0 Å². The molecule has 0 atom stereocenters. The number of nitrogens with zero attached hydrogens (tertiary/aromatic N) is 1. The van der Waals surface area contributed by atoms with Gasteiger partial charge in [0.05, 0.1) is 11.4 Å². The number of aromatic nitrogens is 2. The summed E-state index contributed by atoms with van der Waals surface area (Å²) in [6.07, 6.45) is 0. The van der Waals surface area contributed by atoms with Crippen molar-refractivity contribution in [2.45, 2.75) is 19.8 Å². The first kappa shape index (κ1) is 19.5. The molecule has 0 aliphatic carbocycles. The Bertz CT molecular complexity index is 1060. The van der Waals surface area contributed by atoms with Crippen molar-refractivity contribution in [3.63, 3.8) is 0 Å². The summed E-state index contributed by atoms with van der Waals surface area (Å²) in [5.41, 5.74) is 5.94. The highest BCUT2D eigenvalue weighted by Gasteiger charge is 2.18. The van der Waals surface area contributed by atoms with Crippen LogP contribution in [0.1, 0.15) is 25.3 Å². The number of carbonyl (C=O) groups is 1. The average Bonchev–Trinajstić information content (AvgIpc) is 3.18. The van der Waals surface area contributed by atoms with E-state index in [2.05, 4.69) is 34.7 Å². The average molecular weight is 396 g/mol.